The minimum Gasteiger partial charge on any atom is -0.375 e. The van der Waals surface area contributed by atoms with Gasteiger partial charge in [0.1, 0.15) is 0 Å². The lowest BCUT2D eigenvalue weighted by molar-refractivity contribution is 0.00668. The van der Waals surface area contributed by atoms with Crippen molar-refractivity contribution in [2.24, 2.45) is 0 Å². The Labute approximate surface area is 133 Å². The molecule has 3 heteroatoms. The molecule has 2 aromatic rings. The molecule has 0 aliphatic carbocycles. The zero-order chi connectivity index (χ0) is 15.3. The van der Waals surface area contributed by atoms with Crippen LogP contribution < -0.4 is 10.6 Å². The molecule has 0 saturated carbocycles. The first-order valence-electron chi connectivity index (χ1n) is 7.26. The normalized spacial score (nSPS) is 12.3. The van der Waals surface area contributed by atoms with Crippen LogP contribution in [0.4, 0.5) is 0 Å². The lowest BCUT2D eigenvalue weighted by Crippen LogP contribution is -2.25. The van der Waals surface area contributed by atoms with Gasteiger partial charge in [-0.1, -0.05) is 72.5 Å². The van der Waals surface area contributed by atoms with Crippen molar-refractivity contribution in [3.8, 4) is 0 Å². The van der Waals surface area contributed by atoms with Crippen molar-refractivity contribution in [1.29, 1.82) is 0 Å². The molecular formula is C18H23OPS. The second-order valence-electron chi connectivity index (χ2n) is 6.10. The molecule has 112 valence electrons. The predicted octanol–water partition coefficient (Wildman–Crippen LogP) is 3.93. The molecule has 0 fully saturated rings. The smallest absolute Gasteiger partial charge is 0.0598 e. The molecule has 2 rings (SSSR count). The van der Waals surface area contributed by atoms with Crippen LogP contribution in [0.2, 0.25) is 0 Å². The van der Waals surface area contributed by atoms with Crippen LogP contribution in [0.15, 0.2) is 60.7 Å². The maximum absolute atomic E-state index is 6.15. The Bertz CT molecular complexity index is 559. The highest BCUT2D eigenvalue weighted by Gasteiger charge is 2.23. The van der Waals surface area contributed by atoms with Gasteiger partial charge >= 0.3 is 0 Å². The molecule has 0 aliphatic rings. The highest BCUT2D eigenvalue weighted by molar-refractivity contribution is 8.21. The number of ether oxygens (including phenoxy) is 1. The van der Waals surface area contributed by atoms with Crippen LogP contribution in [0.5, 0.6) is 0 Å². The van der Waals surface area contributed by atoms with E-state index in [1.807, 2.05) is 12.1 Å². The standard InChI is InChI=1S/C18H23OPS/c1-18(2,3)19-14-15-20(21,16-10-6-4-7-11-16)17-12-8-5-9-13-17/h4-13H,14-15H2,1-3H3. The van der Waals surface area contributed by atoms with Gasteiger partial charge in [0.05, 0.1) is 12.2 Å². The van der Waals surface area contributed by atoms with Gasteiger partial charge < -0.3 is 4.74 Å². The molecule has 0 bridgehead atoms. The molecule has 0 N–H and O–H groups in total. The van der Waals surface area contributed by atoms with Crippen molar-refractivity contribution < 1.29 is 4.74 Å². The van der Waals surface area contributed by atoms with Gasteiger partial charge in [-0.3, -0.25) is 0 Å². The van der Waals surface area contributed by atoms with E-state index in [2.05, 4.69) is 69.3 Å². The van der Waals surface area contributed by atoms with Gasteiger partial charge in [0.25, 0.3) is 0 Å². The molecule has 0 amide bonds. The van der Waals surface area contributed by atoms with Crippen molar-refractivity contribution >= 4 is 28.5 Å². The maximum atomic E-state index is 6.15. The summed E-state index contributed by atoms with van der Waals surface area (Å²) in [6, 6.07) is 19.2. The third-order valence-electron chi connectivity index (χ3n) is 3.29. The summed E-state index contributed by atoms with van der Waals surface area (Å²) >= 11 is 6.15. The van der Waals surface area contributed by atoms with Crippen molar-refractivity contribution in [3.05, 3.63) is 60.7 Å². The summed E-state index contributed by atoms with van der Waals surface area (Å²) in [5.74, 6) is 0. The third-order valence-corrected chi connectivity index (χ3v) is 8.18. The van der Waals surface area contributed by atoms with Gasteiger partial charge in [-0.05, 0) is 31.4 Å². The highest BCUT2D eigenvalue weighted by Crippen LogP contribution is 2.43. The maximum Gasteiger partial charge on any atom is 0.0598 e. The first-order valence-corrected chi connectivity index (χ1v) is 10.2. The van der Waals surface area contributed by atoms with Gasteiger partial charge in [-0.25, -0.2) is 0 Å². The van der Waals surface area contributed by atoms with Crippen molar-refractivity contribution in [2.75, 3.05) is 12.8 Å². The van der Waals surface area contributed by atoms with E-state index in [1.165, 1.54) is 10.6 Å². The first-order chi connectivity index (χ1) is 9.92. The van der Waals surface area contributed by atoms with E-state index >= 15 is 0 Å². The van der Waals surface area contributed by atoms with Crippen LogP contribution in [0.3, 0.4) is 0 Å². The van der Waals surface area contributed by atoms with Gasteiger partial charge in [-0.15, -0.1) is 0 Å². The van der Waals surface area contributed by atoms with Crippen LogP contribution in [0, 0.1) is 0 Å². The lowest BCUT2D eigenvalue weighted by Gasteiger charge is -2.26. The molecule has 1 nitrogen and oxygen atoms in total. The zero-order valence-corrected chi connectivity index (χ0v) is 14.7. The largest absolute Gasteiger partial charge is 0.375 e. The van der Waals surface area contributed by atoms with Crippen LogP contribution in [0.1, 0.15) is 20.8 Å². The molecule has 0 aliphatic heterocycles. The molecule has 0 aromatic heterocycles. The Balaban J connectivity index is 2.30. The molecular weight excluding hydrogens is 295 g/mol. The molecule has 21 heavy (non-hydrogen) atoms. The lowest BCUT2D eigenvalue weighted by atomic mass is 10.2. The summed E-state index contributed by atoms with van der Waals surface area (Å²) in [6.07, 6.45) is 0.896. The van der Waals surface area contributed by atoms with Crippen LogP contribution in [0.25, 0.3) is 0 Å². The molecule has 0 heterocycles. The van der Waals surface area contributed by atoms with E-state index in [-0.39, 0.29) is 5.60 Å². The molecule has 0 radical (unpaired) electrons. The number of rotatable bonds is 5. The van der Waals surface area contributed by atoms with Crippen molar-refractivity contribution in [3.63, 3.8) is 0 Å². The van der Waals surface area contributed by atoms with E-state index < -0.39 is 6.04 Å². The van der Waals surface area contributed by atoms with E-state index in [4.69, 9.17) is 16.5 Å². The summed E-state index contributed by atoms with van der Waals surface area (Å²) in [4.78, 5) is 0. The Morgan fingerprint density at radius 3 is 1.67 bits per heavy atom. The van der Waals surface area contributed by atoms with Crippen LogP contribution in [-0.4, -0.2) is 18.4 Å². The minimum atomic E-state index is -1.80. The number of hydrogen-bond acceptors (Lipinski definition) is 2. The van der Waals surface area contributed by atoms with E-state index in [9.17, 15) is 0 Å². The second-order valence-corrected chi connectivity index (χ2v) is 10.9. The minimum absolute atomic E-state index is 0.118. The van der Waals surface area contributed by atoms with Crippen LogP contribution in [-0.2, 0) is 16.5 Å². The molecule has 0 spiro atoms. The quantitative estimate of drug-likeness (QED) is 0.773. The first kappa shape index (κ1) is 16.4. The number of benzene rings is 2. The Morgan fingerprint density at radius 1 is 0.857 bits per heavy atom. The summed E-state index contributed by atoms with van der Waals surface area (Å²) in [5, 5.41) is 2.53. The predicted molar refractivity (Wildman–Crippen MR) is 97.0 cm³/mol. The fourth-order valence-electron chi connectivity index (χ4n) is 2.23. The average molecular weight is 318 g/mol. The average Bonchev–Trinajstić information content (AvgIpc) is 2.47. The Kier molecular flexibility index (Phi) is 5.37. The fourth-order valence-corrected chi connectivity index (χ4v) is 5.65. The third kappa shape index (κ3) is 4.51. The summed E-state index contributed by atoms with van der Waals surface area (Å²) < 4.78 is 5.93. The molecule has 2 aromatic carbocycles. The summed E-state index contributed by atoms with van der Waals surface area (Å²) in [5.41, 5.74) is -0.118. The van der Waals surface area contributed by atoms with Crippen molar-refractivity contribution in [2.45, 2.75) is 26.4 Å². The Morgan fingerprint density at radius 2 is 1.29 bits per heavy atom. The topological polar surface area (TPSA) is 9.23 Å². The molecule has 0 saturated heterocycles. The van der Waals surface area contributed by atoms with Gasteiger partial charge in [0.15, 0.2) is 0 Å². The van der Waals surface area contributed by atoms with Crippen molar-refractivity contribution in [1.82, 2.24) is 0 Å². The van der Waals surface area contributed by atoms with Crippen LogP contribution >= 0.6 is 6.04 Å². The summed E-state index contributed by atoms with van der Waals surface area (Å²) in [6.45, 7) is 6.95. The van der Waals surface area contributed by atoms with Gasteiger partial charge in [0, 0.05) is 12.2 Å². The second kappa shape index (κ2) is 6.87. The van der Waals surface area contributed by atoms with E-state index in [1.54, 1.807) is 0 Å². The monoisotopic (exact) mass is 318 g/mol. The van der Waals surface area contributed by atoms with Gasteiger partial charge in [0.2, 0.25) is 0 Å². The SMILES string of the molecule is CC(C)(C)OCCP(=S)(c1ccccc1)c1ccccc1. The fraction of sp³-hybridized carbons (Fsp3) is 0.333. The highest BCUT2D eigenvalue weighted by atomic mass is 32.4. The Hall–Kier alpha value is -0.950. The van der Waals surface area contributed by atoms with E-state index in [0.717, 1.165) is 6.16 Å². The van der Waals surface area contributed by atoms with Gasteiger partial charge in [-0.2, -0.15) is 0 Å². The number of hydrogen-bond donors (Lipinski definition) is 0. The molecule has 0 atom stereocenters. The zero-order valence-electron chi connectivity index (χ0n) is 13.0. The van der Waals surface area contributed by atoms with E-state index in [0.29, 0.717) is 6.61 Å². The summed E-state index contributed by atoms with van der Waals surface area (Å²) in [7, 11) is 0. The molecule has 0 unspecified atom stereocenters.